The molecule has 246 valence electrons. The molecule has 43 heavy (non-hydrogen) atoms. The molecule has 0 aliphatic rings. The van der Waals surface area contributed by atoms with E-state index in [1.54, 1.807) is 0 Å². The van der Waals surface area contributed by atoms with Crippen LogP contribution in [0.25, 0.3) is 0 Å². The third kappa shape index (κ3) is 26.2. The summed E-state index contributed by atoms with van der Waals surface area (Å²) in [7, 11) is 0. The van der Waals surface area contributed by atoms with Crippen molar-refractivity contribution in [3.05, 3.63) is 36.4 Å². The fourth-order valence-corrected chi connectivity index (χ4v) is 5.33. The Balaban J connectivity index is 1.93. The van der Waals surface area contributed by atoms with E-state index in [1.807, 2.05) is 24.3 Å². The van der Waals surface area contributed by atoms with Crippen molar-refractivity contribution in [3.63, 3.8) is 0 Å². The number of allylic oxidation sites excluding steroid dienone is 1. The Morgan fingerprint density at radius 2 is 0.953 bits per heavy atom. The first kappa shape index (κ1) is 39.1. The quantitative estimate of drug-likeness (QED) is 0.0497. The van der Waals surface area contributed by atoms with E-state index in [0.717, 1.165) is 56.0 Å². The standard InChI is InChI=1S/C39H66O4/c1-3-5-7-9-11-13-17-21-25-29-41-30-26-22-18-15-16-20-24-28-32-43-39-34-37(36-40)33-38(35-39)42-31-27-23-19-14-12-10-8-6-4-2/h2-3,33-35,40H,1,5-32,36H2. The highest BCUT2D eigenvalue weighted by Crippen LogP contribution is 2.24. The molecule has 0 bridgehead atoms. The smallest absolute Gasteiger partial charge is 0.123 e. The van der Waals surface area contributed by atoms with Crippen molar-refractivity contribution in [2.24, 2.45) is 0 Å². The zero-order valence-corrected chi connectivity index (χ0v) is 27.8. The number of ether oxygens (including phenoxy) is 3. The summed E-state index contributed by atoms with van der Waals surface area (Å²) in [6.45, 7) is 7.06. The molecule has 0 fully saturated rings. The highest BCUT2D eigenvalue weighted by Gasteiger charge is 2.04. The minimum absolute atomic E-state index is 0.00343. The topological polar surface area (TPSA) is 47.9 Å². The van der Waals surface area contributed by atoms with Crippen molar-refractivity contribution in [1.82, 2.24) is 0 Å². The Labute approximate surface area is 266 Å². The van der Waals surface area contributed by atoms with Gasteiger partial charge in [0.15, 0.2) is 0 Å². The van der Waals surface area contributed by atoms with Gasteiger partial charge in [-0.3, -0.25) is 0 Å². The normalized spacial score (nSPS) is 11.0. The first-order chi connectivity index (χ1) is 21.3. The summed E-state index contributed by atoms with van der Waals surface area (Å²) < 4.78 is 17.8. The zero-order chi connectivity index (χ0) is 30.9. The van der Waals surface area contributed by atoms with Crippen LogP contribution in [0.5, 0.6) is 11.5 Å². The van der Waals surface area contributed by atoms with Gasteiger partial charge in [-0.1, -0.05) is 109 Å². The number of aliphatic hydroxyl groups excluding tert-OH is 1. The maximum Gasteiger partial charge on any atom is 0.123 e. The summed E-state index contributed by atoms with van der Waals surface area (Å²) in [5.41, 5.74) is 0.839. The molecule has 0 atom stereocenters. The minimum Gasteiger partial charge on any atom is -0.493 e. The largest absolute Gasteiger partial charge is 0.493 e. The molecule has 1 aromatic rings. The summed E-state index contributed by atoms with van der Waals surface area (Å²) in [4.78, 5) is 0. The van der Waals surface area contributed by atoms with Crippen LogP contribution in [0, 0.1) is 12.3 Å². The van der Waals surface area contributed by atoms with Gasteiger partial charge in [0.2, 0.25) is 0 Å². The average molecular weight is 599 g/mol. The van der Waals surface area contributed by atoms with E-state index in [2.05, 4.69) is 12.5 Å². The van der Waals surface area contributed by atoms with Crippen LogP contribution in [0.15, 0.2) is 30.9 Å². The van der Waals surface area contributed by atoms with Crippen molar-refractivity contribution >= 4 is 0 Å². The summed E-state index contributed by atoms with van der Waals surface area (Å²) in [6, 6.07) is 5.80. The molecular formula is C39H66O4. The van der Waals surface area contributed by atoms with Gasteiger partial charge in [0.05, 0.1) is 19.8 Å². The molecule has 0 radical (unpaired) electrons. The van der Waals surface area contributed by atoms with Gasteiger partial charge in [0.1, 0.15) is 11.5 Å². The molecule has 0 spiro atoms. The highest BCUT2D eigenvalue weighted by molar-refractivity contribution is 5.38. The average Bonchev–Trinajstić information content (AvgIpc) is 3.02. The lowest BCUT2D eigenvalue weighted by molar-refractivity contribution is 0.125. The van der Waals surface area contributed by atoms with Gasteiger partial charge >= 0.3 is 0 Å². The van der Waals surface area contributed by atoms with Crippen molar-refractivity contribution in [2.75, 3.05) is 26.4 Å². The van der Waals surface area contributed by atoms with Gasteiger partial charge in [0, 0.05) is 25.7 Å². The molecule has 0 heterocycles. The fraction of sp³-hybridized carbons (Fsp3) is 0.744. The molecule has 1 aromatic carbocycles. The molecule has 0 aliphatic carbocycles. The van der Waals surface area contributed by atoms with E-state index in [9.17, 15) is 5.11 Å². The number of unbranched alkanes of at least 4 members (excludes halogenated alkanes) is 21. The molecule has 0 unspecified atom stereocenters. The van der Waals surface area contributed by atoms with Crippen molar-refractivity contribution < 1.29 is 19.3 Å². The monoisotopic (exact) mass is 598 g/mol. The van der Waals surface area contributed by atoms with Gasteiger partial charge in [-0.15, -0.1) is 18.9 Å². The third-order valence-electron chi connectivity index (χ3n) is 8.01. The van der Waals surface area contributed by atoms with Gasteiger partial charge in [0.25, 0.3) is 0 Å². The highest BCUT2D eigenvalue weighted by atomic mass is 16.5. The maximum atomic E-state index is 9.65. The predicted molar refractivity (Wildman–Crippen MR) is 184 cm³/mol. The Hall–Kier alpha value is -1.96. The fourth-order valence-electron chi connectivity index (χ4n) is 5.33. The van der Waals surface area contributed by atoms with Crippen LogP contribution in [0.1, 0.15) is 160 Å². The van der Waals surface area contributed by atoms with Crippen LogP contribution in [-0.4, -0.2) is 31.5 Å². The van der Waals surface area contributed by atoms with Gasteiger partial charge in [-0.25, -0.2) is 0 Å². The Bertz CT molecular complexity index is 784. The first-order valence-corrected chi connectivity index (χ1v) is 17.9. The molecule has 1 N–H and O–H groups in total. The molecular weight excluding hydrogens is 532 g/mol. The second-order valence-electron chi connectivity index (χ2n) is 12.1. The van der Waals surface area contributed by atoms with E-state index in [4.69, 9.17) is 20.6 Å². The number of terminal acetylenes is 1. The van der Waals surface area contributed by atoms with Gasteiger partial charge in [-0.2, -0.15) is 0 Å². The number of aliphatic hydroxyl groups is 1. The summed E-state index contributed by atoms with van der Waals surface area (Å²) in [5.74, 6) is 4.30. The van der Waals surface area contributed by atoms with Crippen LogP contribution in [-0.2, 0) is 11.3 Å². The molecule has 4 nitrogen and oxygen atoms in total. The van der Waals surface area contributed by atoms with Crippen molar-refractivity contribution in [3.8, 4) is 23.8 Å². The second-order valence-corrected chi connectivity index (χ2v) is 12.1. The Kier molecular flexibility index (Phi) is 28.6. The van der Waals surface area contributed by atoms with Crippen molar-refractivity contribution in [1.29, 1.82) is 0 Å². The number of benzene rings is 1. The van der Waals surface area contributed by atoms with E-state index in [-0.39, 0.29) is 6.61 Å². The van der Waals surface area contributed by atoms with E-state index in [1.165, 1.54) is 128 Å². The van der Waals surface area contributed by atoms with Crippen LogP contribution < -0.4 is 9.47 Å². The minimum atomic E-state index is -0.00343. The third-order valence-corrected chi connectivity index (χ3v) is 8.01. The molecule has 4 heteroatoms. The number of rotatable bonds is 33. The molecule has 1 rings (SSSR count). The van der Waals surface area contributed by atoms with Gasteiger partial charge in [-0.05, 0) is 62.6 Å². The van der Waals surface area contributed by atoms with Crippen molar-refractivity contribution in [2.45, 2.75) is 161 Å². The lowest BCUT2D eigenvalue weighted by Gasteiger charge is -2.12. The second kappa shape index (κ2) is 31.5. The van der Waals surface area contributed by atoms with Gasteiger partial charge < -0.3 is 19.3 Å². The summed E-state index contributed by atoms with van der Waals surface area (Å²) >= 11 is 0. The Morgan fingerprint density at radius 1 is 0.558 bits per heavy atom. The lowest BCUT2D eigenvalue weighted by Crippen LogP contribution is -2.01. The van der Waals surface area contributed by atoms with E-state index >= 15 is 0 Å². The molecule has 0 saturated heterocycles. The number of hydrogen-bond acceptors (Lipinski definition) is 4. The molecule has 0 amide bonds. The van der Waals surface area contributed by atoms with Crippen LogP contribution in [0.4, 0.5) is 0 Å². The summed E-state index contributed by atoms with van der Waals surface area (Å²) in [6.07, 6.45) is 37.1. The van der Waals surface area contributed by atoms with Crippen LogP contribution in [0.3, 0.4) is 0 Å². The SMILES string of the molecule is C#CCCCCCCCCCOc1cc(CO)cc(OCCCCCCCCCCOCCCCCCCCCC=C)c1. The number of hydrogen-bond donors (Lipinski definition) is 1. The first-order valence-electron chi connectivity index (χ1n) is 17.9. The molecule has 0 aromatic heterocycles. The maximum absolute atomic E-state index is 9.65. The lowest BCUT2D eigenvalue weighted by atomic mass is 10.1. The van der Waals surface area contributed by atoms with E-state index < -0.39 is 0 Å². The Morgan fingerprint density at radius 3 is 1.37 bits per heavy atom. The zero-order valence-electron chi connectivity index (χ0n) is 27.8. The van der Waals surface area contributed by atoms with Crippen LogP contribution >= 0.6 is 0 Å². The van der Waals surface area contributed by atoms with Crippen LogP contribution in [0.2, 0.25) is 0 Å². The molecule has 0 aliphatic heterocycles. The predicted octanol–water partition coefficient (Wildman–Crippen LogP) is 11.1. The molecule has 0 saturated carbocycles. The van der Waals surface area contributed by atoms with E-state index in [0.29, 0.717) is 13.2 Å². The summed E-state index contributed by atoms with van der Waals surface area (Å²) in [5, 5.41) is 9.65.